The molecule has 0 aromatic carbocycles. The topological polar surface area (TPSA) is 87.2 Å². The van der Waals surface area contributed by atoms with Crippen LogP contribution in [0.4, 0.5) is 0 Å². The van der Waals surface area contributed by atoms with Crippen LogP contribution in [0.25, 0.3) is 0 Å². The summed E-state index contributed by atoms with van der Waals surface area (Å²) in [4.78, 5) is 21.7. The molecular weight excluding hydrogens is 158 g/mol. The van der Waals surface area contributed by atoms with Gasteiger partial charge in [0.25, 0.3) is 11.8 Å². The minimum Gasteiger partial charge on any atom is -0.272 e. The van der Waals surface area contributed by atoms with Gasteiger partial charge in [0.05, 0.1) is 6.07 Å². The van der Waals surface area contributed by atoms with Crippen molar-refractivity contribution in [2.75, 3.05) is 0 Å². The third-order valence-electron chi connectivity index (χ3n) is 1.08. The number of imide groups is 1. The molecule has 5 heteroatoms. The number of carbonyl (C=O) groups is 2. The molecule has 0 rings (SSSR count). The molecule has 0 atom stereocenters. The number of nitriles is 1. The van der Waals surface area contributed by atoms with E-state index in [0.29, 0.717) is 5.01 Å². The lowest BCUT2D eigenvalue weighted by Gasteiger charge is -2.11. The fourth-order valence-corrected chi connectivity index (χ4v) is 0.472. The molecule has 0 bridgehead atoms. The van der Waals surface area contributed by atoms with Crippen molar-refractivity contribution in [3.8, 4) is 6.07 Å². The second kappa shape index (κ2) is 4.26. The number of nitrogens with zero attached hydrogens (tertiary/aromatic N) is 2. The molecule has 0 aliphatic rings. The van der Waals surface area contributed by atoms with E-state index >= 15 is 0 Å². The Balaban J connectivity index is 4.31. The van der Waals surface area contributed by atoms with Crippen molar-refractivity contribution in [2.45, 2.75) is 13.3 Å². The first-order valence-electron chi connectivity index (χ1n) is 3.15. The van der Waals surface area contributed by atoms with Gasteiger partial charge in [-0.05, 0) is 6.92 Å². The minimum atomic E-state index is -0.731. The number of hydrogen-bond acceptors (Lipinski definition) is 4. The second-order valence-corrected chi connectivity index (χ2v) is 2.18. The molecule has 0 unspecified atom stereocenters. The van der Waals surface area contributed by atoms with E-state index in [2.05, 4.69) is 6.58 Å². The van der Waals surface area contributed by atoms with Gasteiger partial charge < -0.3 is 0 Å². The van der Waals surface area contributed by atoms with Crippen LogP contribution in [0.3, 0.4) is 0 Å². The van der Waals surface area contributed by atoms with Gasteiger partial charge in [0.1, 0.15) is 6.42 Å². The molecular formula is C7H9N3O2. The summed E-state index contributed by atoms with van der Waals surface area (Å²) in [5.74, 6) is 3.67. The molecule has 0 spiro atoms. The SMILES string of the molecule is C=C(C)C(=O)N(N)C(=O)CC#N. The first kappa shape index (κ1) is 10.3. The second-order valence-electron chi connectivity index (χ2n) is 2.18. The normalized spacial score (nSPS) is 8.42. The molecule has 2 amide bonds. The zero-order valence-electron chi connectivity index (χ0n) is 6.70. The fourth-order valence-electron chi connectivity index (χ4n) is 0.472. The van der Waals surface area contributed by atoms with Crippen molar-refractivity contribution in [1.29, 1.82) is 5.26 Å². The maximum atomic E-state index is 10.9. The molecule has 2 N–H and O–H groups in total. The van der Waals surface area contributed by atoms with Crippen LogP contribution in [0.5, 0.6) is 0 Å². The van der Waals surface area contributed by atoms with Crippen LogP contribution in [0.15, 0.2) is 12.2 Å². The number of hydrogen-bond donors (Lipinski definition) is 1. The Hall–Kier alpha value is -1.67. The zero-order chi connectivity index (χ0) is 9.72. The lowest BCUT2D eigenvalue weighted by Crippen LogP contribution is -2.42. The van der Waals surface area contributed by atoms with Crippen molar-refractivity contribution in [2.24, 2.45) is 5.84 Å². The lowest BCUT2D eigenvalue weighted by atomic mass is 10.3. The van der Waals surface area contributed by atoms with Gasteiger partial charge in [0.2, 0.25) is 0 Å². The number of hydrazine groups is 1. The van der Waals surface area contributed by atoms with Crippen molar-refractivity contribution in [3.63, 3.8) is 0 Å². The van der Waals surface area contributed by atoms with Gasteiger partial charge in [-0.2, -0.15) is 5.26 Å². The molecule has 0 radical (unpaired) electrons. The van der Waals surface area contributed by atoms with Crippen molar-refractivity contribution >= 4 is 11.8 Å². The zero-order valence-corrected chi connectivity index (χ0v) is 6.70. The summed E-state index contributed by atoms with van der Waals surface area (Å²) >= 11 is 0. The Morgan fingerprint density at radius 1 is 1.67 bits per heavy atom. The number of nitrogens with two attached hydrogens (primary N) is 1. The van der Waals surface area contributed by atoms with Gasteiger partial charge in [-0.3, -0.25) is 9.59 Å². The molecule has 0 saturated carbocycles. The van der Waals surface area contributed by atoms with Gasteiger partial charge in [-0.25, -0.2) is 10.9 Å². The highest BCUT2D eigenvalue weighted by molar-refractivity contribution is 6.03. The molecule has 0 heterocycles. The molecule has 12 heavy (non-hydrogen) atoms. The van der Waals surface area contributed by atoms with E-state index in [1.165, 1.54) is 6.92 Å². The highest BCUT2D eigenvalue weighted by Gasteiger charge is 2.17. The minimum absolute atomic E-state index is 0.156. The Morgan fingerprint density at radius 3 is 2.50 bits per heavy atom. The summed E-state index contributed by atoms with van der Waals surface area (Å²) in [5.41, 5.74) is 0.156. The number of rotatable bonds is 2. The highest BCUT2D eigenvalue weighted by atomic mass is 16.2. The summed E-state index contributed by atoms with van der Waals surface area (Å²) in [5, 5.41) is 8.51. The standard InChI is InChI=1S/C7H9N3O2/c1-5(2)7(12)10(9)6(11)3-4-8/h1,3,9H2,2H3. The van der Waals surface area contributed by atoms with Crippen molar-refractivity contribution in [1.82, 2.24) is 5.01 Å². The molecule has 0 aliphatic carbocycles. The first-order chi connectivity index (χ1) is 5.50. The van der Waals surface area contributed by atoms with Gasteiger partial charge in [-0.15, -0.1) is 0 Å². The Bertz CT molecular complexity index is 264. The Morgan fingerprint density at radius 2 is 2.17 bits per heavy atom. The van der Waals surface area contributed by atoms with Crippen LogP contribution in [0, 0.1) is 11.3 Å². The van der Waals surface area contributed by atoms with E-state index < -0.39 is 18.2 Å². The molecule has 0 aliphatic heterocycles. The highest BCUT2D eigenvalue weighted by Crippen LogP contribution is 1.95. The van der Waals surface area contributed by atoms with E-state index in [1.807, 2.05) is 0 Å². The van der Waals surface area contributed by atoms with Crippen LogP contribution in [-0.2, 0) is 9.59 Å². The smallest absolute Gasteiger partial charge is 0.269 e. The lowest BCUT2D eigenvalue weighted by molar-refractivity contribution is -0.142. The summed E-state index contributed by atoms with van der Waals surface area (Å²) in [7, 11) is 0. The van der Waals surface area contributed by atoms with Crippen LogP contribution in [-0.4, -0.2) is 16.8 Å². The quantitative estimate of drug-likeness (QED) is 0.265. The van der Waals surface area contributed by atoms with E-state index in [4.69, 9.17) is 11.1 Å². The molecule has 0 fully saturated rings. The van der Waals surface area contributed by atoms with Gasteiger partial charge in [0.15, 0.2) is 0 Å². The van der Waals surface area contributed by atoms with E-state index in [9.17, 15) is 9.59 Å². The molecule has 0 aromatic rings. The van der Waals surface area contributed by atoms with E-state index in [0.717, 1.165) is 0 Å². The Labute approximate surface area is 70.0 Å². The predicted molar refractivity (Wildman–Crippen MR) is 41.1 cm³/mol. The largest absolute Gasteiger partial charge is 0.272 e. The van der Waals surface area contributed by atoms with Gasteiger partial charge >= 0.3 is 0 Å². The summed E-state index contributed by atoms with van der Waals surface area (Å²) in [6.07, 6.45) is -0.407. The molecule has 0 aromatic heterocycles. The first-order valence-corrected chi connectivity index (χ1v) is 3.15. The van der Waals surface area contributed by atoms with Gasteiger partial charge in [-0.1, -0.05) is 6.58 Å². The summed E-state index contributed by atoms with van der Waals surface area (Å²) < 4.78 is 0. The average Bonchev–Trinajstić information content (AvgIpc) is 2.02. The number of carbonyl (C=O) groups excluding carboxylic acids is 2. The van der Waals surface area contributed by atoms with Crippen LogP contribution >= 0.6 is 0 Å². The number of amides is 2. The maximum absolute atomic E-state index is 10.9. The molecule has 0 saturated heterocycles. The van der Waals surface area contributed by atoms with E-state index in [1.54, 1.807) is 6.07 Å². The third-order valence-corrected chi connectivity index (χ3v) is 1.08. The van der Waals surface area contributed by atoms with Crippen LogP contribution < -0.4 is 5.84 Å². The van der Waals surface area contributed by atoms with Crippen LogP contribution in [0.1, 0.15) is 13.3 Å². The third kappa shape index (κ3) is 2.52. The predicted octanol–water partition coefficient (Wildman–Crippen LogP) is -0.295. The Kier molecular flexibility index (Phi) is 3.67. The van der Waals surface area contributed by atoms with E-state index in [-0.39, 0.29) is 5.57 Å². The fraction of sp³-hybridized carbons (Fsp3) is 0.286. The summed E-state index contributed by atoms with van der Waals surface area (Å²) in [6, 6.07) is 1.59. The van der Waals surface area contributed by atoms with Crippen LogP contribution in [0.2, 0.25) is 0 Å². The average molecular weight is 167 g/mol. The van der Waals surface area contributed by atoms with Gasteiger partial charge in [0, 0.05) is 5.57 Å². The summed E-state index contributed by atoms with van der Waals surface area (Å²) in [6.45, 7) is 4.74. The molecule has 64 valence electrons. The van der Waals surface area contributed by atoms with Crippen molar-refractivity contribution in [3.05, 3.63) is 12.2 Å². The maximum Gasteiger partial charge on any atom is 0.269 e. The monoisotopic (exact) mass is 167 g/mol. The molecule has 5 nitrogen and oxygen atoms in total. The van der Waals surface area contributed by atoms with Crippen molar-refractivity contribution < 1.29 is 9.59 Å².